The Morgan fingerprint density at radius 2 is 1.84 bits per heavy atom. The zero-order valence-electron chi connectivity index (χ0n) is 12.8. The second-order valence-corrected chi connectivity index (χ2v) is 6.35. The van der Waals surface area contributed by atoms with Gasteiger partial charge in [-0.25, -0.2) is 0 Å². The summed E-state index contributed by atoms with van der Waals surface area (Å²) in [4.78, 5) is 0. The fourth-order valence-corrected chi connectivity index (χ4v) is 3.19. The topological polar surface area (TPSA) is 12.0 Å². The molecule has 1 heteroatoms. The number of hydrogen-bond donors (Lipinski definition) is 1. The zero-order valence-corrected chi connectivity index (χ0v) is 12.8. The Morgan fingerprint density at radius 1 is 1.11 bits per heavy atom. The number of aryl methyl sites for hydroxylation is 1. The summed E-state index contributed by atoms with van der Waals surface area (Å²) in [5, 5.41) is 3.90. The third kappa shape index (κ3) is 4.35. The van der Waals surface area contributed by atoms with Gasteiger partial charge in [-0.3, -0.25) is 0 Å². The molecule has 0 amide bonds. The van der Waals surface area contributed by atoms with Crippen LogP contribution in [0.1, 0.15) is 69.5 Å². The van der Waals surface area contributed by atoms with Gasteiger partial charge in [-0.15, -0.1) is 0 Å². The predicted molar refractivity (Wildman–Crippen MR) is 83.4 cm³/mol. The number of benzene rings is 1. The molecule has 1 aromatic rings. The van der Waals surface area contributed by atoms with Gasteiger partial charge in [0.2, 0.25) is 0 Å². The highest BCUT2D eigenvalue weighted by atomic mass is 14.9. The van der Waals surface area contributed by atoms with E-state index < -0.39 is 0 Å². The summed E-state index contributed by atoms with van der Waals surface area (Å²) in [7, 11) is 0. The summed E-state index contributed by atoms with van der Waals surface area (Å²) < 4.78 is 0. The zero-order chi connectivity index (χ0) is 13.7. The van der Waals surface area contributed by atoms with E-state index in [2.05, 4.69) is 50.4 Å². The molecule has 1 aliphatic carbocycles. The van der Waals surface area contributed by atoms with Gasteiger partial charge in [0.05, 0.1) is 0 Å². The molecule has 1 nitrogen and oxygen atoms in total. The molecule has 19 heavy (non-hydrogen) atoms. The molecule has 0 heterocycles. The van der Waals surface area contributed by atoms with Crippen LogP contribution in [0.3, 0.4) is 0 Å². The van der Waals surface area contributed by atoms with Crippen LogP contribution in [-0.4, -0.2) is 6.04 Å². The van der Waals surface area contributed by atoms with Crippen molar-refractivity contribution in [3.63, 3.8) is 0 Å². The molecule has 1 N–H and O–H groups in total. The quantitative estimate of drug-likeness (QED) is 0.750. The van der Waals surface area contributed by atoms with Crippen molar-refractivity contribution >= 4 is 0 Å². The fourth-order valence-electron chi connectivity index (χ4n) is 3.19. The van der Waals surface area contributed by atoms with Crippen LogP contribution in [0.4, 0.5) is 0 Å². The van der Waals surface area contributed by atoms with E-state index in [9.17, 15) is 0 Å². The first-order valence-corrected chi connectivity index (χ1v) is 8.01. The highest BCUT2D eigenvalue weighted by Gasteiger charge is 2.19. The largest absolute Gasteiger partial charge is 0.307 e. The fraction of sp³-hybridized carbons (Fsp3) is 0.667. The molecule has 1 aromatic carbocycles. The second kappa shape index (κ2) is 7.09. The van der Waals surface area contributed by atoms with E-state index in [1.54, 1.807) is 0 Å². The van der Waals surface area contributed by atoms with Crippen LogP contribution < -0.4 is 5.32 Å². The Hall–Kier alpha value is -0.820. The third-order valence-electron chi connectivity index (χ3n) is 4.58. The summed E-state index contributed by atoms with van der Waals surface area (Å²) in [6.07, 6.45) is 8.08. The highest BCUT2D eigenvalue weighted by Crippen LogP contribution is 2.26. The van der Waals surface area contributed by atoms with Crippen molar-refractivity contribution in [3.05, 3.63) is 35.4 Å². The van der Waals surface area contributed by atoms with Crippen LogP contribution >= 0.6 is 0 Å². The molecule has 3 atom stereocenters. The molecule has 1 fully saturated rings. The first kappa shape index (κ1) is 14.6. The number of nitrogens with one attached hydrogen (secondary N) is 1. The van der Waals surface area contributed by atoms with Gasteiger partial charge in [0.25, 0.3) is 0 Å². The van der Waals surface area contributed by atoms with Gasteiger partial charge in [0.15, 0.2) is 0 Å². The lowest BCUT2D eigenvalue weighted by atomic mass is 9.99. The van der Waals surface area contributed by atoms with Crippen molar-refractivity contribution in [2.24, 2.45) is 5.92 Å². The standard InChI is InChI=1S/C18H29N/c1-4-18(16-11-8-15(3)9-12-16)19-17-7-5-6-14(2)10-13-17/h8-9,11-12,14,17-19H,4-7,10,13H2,1-3H3. The molecule has 106 valence electrons. The average molecular weight is 259 g/mol. The molecular formula is C18H29N. The number of hydrogen-bond acceptors (Lipinski definition) is 1. The maximum Gasteiger partial charge on any atom is 0.0320 e. The molecule has 1 aliphatic rings. The van der Waals surface area contributed by atoms with E-state index >= 15 is 0 Å². The van der Waals surface area contributed by atoms with Crippen molar-refractivity contribution in [1.29, 1.82) is 0 Å². The summed E-state index contributed by atoms with van der Waals surface area (Å²) in [5.41, 5.74) is 2.80. The van der Waals surface area contributed by atoms with E-state index in [0.717, 1.165) is 12.0 Å². The minimum absolute atomic E-state index is 0.527. The molecule has 0 radical (unpaired) electrons. The van der Waals surface area contributed by atoms with E-state index in [-0.39, 0.29) is 0 Å². The van der Waals surface area contributed by atoms with E-state index in [0.29, 0.717) is 6.04 Å². The van der Waals surface area contributed by atoms with Crippen molar-refractivity contribution in [3.8, 4) is 0 Å². The molecular weight excluding hydrogens is 230 g/mol. The molecule has 0 saturated heterocycles. The normalized spacial score (nSPS) is 25.8. The van der Waals surface area contributed by atoms with Crippen LogP contribution in [0, 0.1) is 12.8 Å². The molecule has 0 aliphatic heterocycles. The Balaban J connectivity index is 1.96. The maximum atomic E-state index is 3.90. The van der Waals surface area contributed by atoms with Gasteiger partial charge >= 0.3 is 0 Å². The minimum Gasteiger partial charge on any atom is -0.307 e. The summed E-state index contributed by atoms with van der Waals surface area (Å²) in [5.74, 6) is 0.922. The van der Waals surface area contributed by atoms with Crippen molar-refractivity contribution in [2.75, 3.05) is 0 Å². The maximum absolute atomic E-state index is 3.90. The molecule has 3 unspecified atom stereocenters. The van der Waals surface area contributed by atoms with E-state index in [1.807, 2.05) is 0 Å². The SMILES string of the molecule is CCC(NC1CCCC(C)CC1)c1ccc(C)cc1. The third-order valence-corrected chi connectivity index (χ3v) is 4.58. The summed E-state index contributed by atoms with van der Waals surface area (Å²) in [6.45, 7) is 6.85. The lowest BCUT2D eigenvalue weighted by Crippen LogP contribution is -2.32. The Kier molecular flexibility index (Phi) is 5.45. The average Bonchev–Trinajstić information content (AvgIpc) is 2.62. The lowest BCUT2D eigenvalue weighted by Gasteiger charge is -2.24. The van der Waals surface area contributed by atoms with Gasteiger partial charge < -0.3 is 5.32 Å². The Bertz CT molecular complexity index is 368. The first-order chi connectivity index (χ1) is 9.19. The Labute approximate surface area is 118 Å². The summed E-state index contributed by atoms with van der Waals surface area (Å²) >= 11 is 0. The highest BCUT2D eigenvalue weighted by molar-refractivity contribution is 5.24. The van der Waals surface area contributed by atoms with Crippen LogP contribution in [0.25, 0.3) is 0 Å². The van der Waals surface area contributed by atoms with Crippen LogP contribution in [0.15, 0.2) is 24.3 Å². The summed E-state index contributed by atoms with van der Waals surface area (Å²) in [6, 6.07) is 10.3. The molecule has 1 saturated carbocycles. The van der Waals surface area contributed by atoms with E-state index in [4.69, 9.17) is 0 Å². The van der Waals surface area contributed by atoms with Gasteiger partial charge in [-0.05, 0) is 44.1 Å². The van der Waals surface area contributed by atoms with Gasteiger partial charge in [-0.2, -0.15) is 0 Å². The van der Waals surface area contributed by atoms with Crippen LogP contribution in [-0.2, 0) is 0 Å². The first-order valence-electron chi connectivity index (χ1n) is 8.01. The molecule has 0 bridgehead atoms. The lowest BCUT2D eigenvalue weighted by molar-refractivity contribution is 0.387. The van der Waals surface area contributed by atoms with Gasteiger partial charge in [-0.1, -0.05) is 56.5 Å². The van der Waals surface area contributed by atoms with Gasteiger partial charge in [0, 0.05) is 12.1 Å². The number of rotatable bonds is 4. The van der Waals surface area contributed by atoms with Gasteiger partial charge in [0.1, 0.15) is 0 Å². The predicted octanol–water partition coefficient (Wildman–Crippen LogP) is 5.00. The molecule has 2 rings (SSSR count). The smallest absolute Gasteiger partial charge is 0.0320 e. The van der Waals surface area contributed by atoms with Crippen molar-refractivity contribution < 1.29 is 0 Å². The molecule has 0 spiro atoms. The Morgan fingerprint density at radius 3 is 2.53 bits per heavy atom. The van der Waals surface area contributed by atoms with E-state index in [1.165, 1.54) is 49.7 Å². The van der Waals surface area contributed by atoms with Crippen LogP contribution in [0.5, 0.6) is 0 Å². The molecule has 0 aromatic heterocycles. The van der Waals surface area contributed by atoms with Crippen molar-refractivity contribution in [2.45, 2.75) is 71.4 Å². The minimum atomic E-state index is 0.527. The monoisotopic (exact) mass is 259 g/mol. The second-order valence-electron chi connectivity index (χ2n) is 6.35. The van der Waals surface area contributed by atoms with Crippen LogP contribution in [0.2, 0.25) is 0 Å². The van der Waals surface area contributed by atoms with Crippen molar-refractivity contribution in [1.82, 2.24) is 5.32 Å².